The normalized spacial score (nSPS) is 13.4. The molecule has 1 fully saturated rings. The third-order valence-electron chi connectivity index (χ3n) is 4.53. The standard InChI is InChI=1S/C21H16N4O2S/c22-12-14-6-8-15(9-7-14)18-13-28-21(23-18)24-20(27)16-3-1-4-17(11-16)25-10-2-5-19(25)26/h1,3-4,6-9,11,13H,2,5,10H2,(H,23,24,27). The average molecular weight is 388 g/mol. The highest BCUT2D eigenvalue weighted by molar-refractivity contribution is 7.14. The average Bonchev–Trinajstić information content (AvgIpc) is 3.37. The van der Waals surface area contributed by atoms with Crippen molar-refractivity contribution < 1.29 is 9.59 Å². The molecule has 6 nitrogen and oxygen atoms in total. The first kappa shape index (κ1) is 17.9. The predicted octanol–water partition coefficient (Wildman–Crippen LogP) is 4.06. The van der Waals surface area contributed by atoms with Gasteiger partial charge in [-0.1, -0.05) is 18.2 Å². The molecule has 1 aromatic heterocycles. The summed E-state index contributed by atoms with van der Waals surface area (Å²) >= 11 is 1.33. The number of nitrogens with one attached hydrogen (secondary N) is 1. The molecule has 0 bridgehead atoms. The minimum atomic E-state index is -0.269. The van der Waals surface area contributed by atoms with Crippen LogP contribution in [0, 0.1) is 11.3 Å². The largest absolute Gasteiger partial charge is 0.312 e. The van der Waals surface area contributed by atoms with E-state index in [4.69, 9.17) is 5.26 Å². The second-order valence-electron chi connectivity index (χ2n) is 6.38. The van der Waals surface area contributed by atoms with Gasteiger partial charge in [0, 0.05) is 35.2 Å². The molecule has 7 heteroatoms. The minimum Gasteiger partial charge on any atom is -0.312 e. The van der Waals surface area contributed by atoms with E-state index in [1.807, 2.05) is 23.6 Å². The maximum atomic E-state index is 12.6. The molecule has 0 saturated carbocycles. The summed E-state index contributed by atoms with van der Waals surface area (Å²) in [5.41, 5.74) is 3.43. The van der Waals surface area contributed by atoms with E-state index in [2.05, 4.69) is 16.4 Å². The van der Waals surface area contributed by atoms with Gasteiger partial charge in [-0.2, -0.15) is 5.26 Å². The topological polar surface area (TPSA) is 86.1 Å². The Morgan fingerprint density at radius 1 is 1.21 bits per heavy atom. The van der Waals surface area contributed by atoms with Crippen molar-refractivity contribution >= 4 is 34.0 Å². The van der Waals surface area contributed by atoms with Crippen molar-refractivity contribution in [3.8, 4) is 17.3 Å². The lowest BCUT2D eigenvalue weighted by atomic mass is 10.1. The SMILES string of the molecule is N#Cc1ccc(-c2csc(NC(=O)c3cccc(N4CCCC4=O)c3)n2)cc1. The molecule has 0 atom stereocenters. The Hall–Kier alpha value is -3.50. The summed E-state index contributed by atoms with van der Waals surface area (Å²) in [7, 11) is 0. The zero-order chi connectivity index (χ0) is 19.5. The molecular weight excluding hydrogens is 372 g/mol. The van der Waals surface area contributed by atoms with Gasteiger partial charge in [0.25, 0.3) is 5.91 Å². The summed E-state index contributed by atoms with van der Waals surface area (Å²) < 4.78 is 0. The van der Waals surface area contributed by atoms with Crippen molar-refractivity contribution in [3.63, 3.8) is 0 Å². The molecule has 1 aliphatic heterocycles. The van der Waals surface area contributed by atoms with E-state index in [1.54, 1.807) is 35.2 Å². The van der Waals surface area contributed by atoms with Gasteiger partial charge < -0.3 is 4.90 Å². The van der Waals surface area contributed by atoms with Gasteiger partial charge in [-0.25, -0.2) is 4.98 Å². The van der Waals surface area contributed by atoms with E-state index in [-0.39, 0.29) is 11.8 Å². The summed E-state index contributed by atoms with van der Waals surface area (Å²) in [5.74, 6) is -0.182. The van der Waals surface area contributed by atoms with Crippen LogP contribution in [0.5, 0.6) is 0 Å². The molecule has 1 N–H and O–H groups in total. The third-order valence-corrected chi connectivity index (χ3v) is 5.29. The van der Waals surface area contributed by atoms with E-state index in [0.717, 1.165) is 23.4 Å². The summed E-state index contributed by atoms with van der Waals surface area (Å²) in [4.78, 5) is 30.7. The number of nitrogens with zero attached hydrogens (tertiary/aromatic N) is 3. The van der Waals surface area contributed by atoms with Crippen LogP contribution in [0.1, 0.15) is 28.8 Å². The lowest BCUT2D eigenvalue weighted by molar-refractivity contribution is -0.117. The van der Waals surface area contributed by atoms with E-state index >= 15 is 0 Å². The maximum absolute atomic E-state index is 12.6. The van der Waals surface area contributed by atoms with Crippen LogP contribution >= 0.6 is 11.3 Å². The molecule has 4 rings (SSSR count). The maximum Gasteiger partial charge on any atom is 0.257 e. The molecule has 3 aromatic rings. The molecule has 2 heterocycles. The number of carbonyl (C=O) groups excluding carboxylic acids is 2. The minimum absolute atomic E-state index is 0.0875. The van der Waals surface area contributed by atoms with Gasteiger partial charge in [0.1, 0.15) is 0 Å². The monoisotopic (exact) mass is 388 g/mol. The number of rotatable bonds is 4. The molecular formula is C21H16N4O2S. The van der Waals surface area contributed by atoms with Gasteiger partial charge in [-0.15, -0.1) is 11.3 Å². The number of amides is 2. The Bertz CT molecular complexity index is 1080. The number of benzene rings is 2. The van der Waals surface area contributed by atoms with Crippen molar-refractivity contribution in [3.05, 3.63) is 65.0 Å². The lowest BCUT2D eigenvalue weighted by Crippen LogP contribution is -2.24. The summed E-state index contributed by atoms with van der Waals surface area (Å²) in [6, 6.07) is 16.3. The molecule has 28 heavy (non-hydrogen) atoms. The molecule has 138 valence electrons. The number of anilines is 2. The number of carbonyl (C=O) groups is 2. The third kappa shape index (κ3) is 3.63. The second kappa shape index (κ2) is 7.62. The van der Waals surface area contributed by atoms with Crippen LogP contribution in [-0.4, -0.2) is 23.3 Å². The van der Waals surface area contributed by atoms with E-state index in [9.17, 15) is 9.59 Å². The van der Waals surface area contributed by atoms with Crippen molar-refractivity contribution in [2.24, 2.45) is 0 Å². The number of hydrogen-bond donors (Lipinski definition) is 1. The zero-order valence-corrected chi connectivity index (χ0v) is 15.7. The van der Waals surface area contributed by atoms with Gasteiger partial charge in [-0.05, 0) is 36.8 Å². The van der Waals surface area contributed by atoms with Crippen molar-refractivity contribution in [2.75, 3.05) is 16.8 Å². The predicted molar refractivity (Wildman–Crippen MR) is 108 cm³/mol. The van der Waals surface area contributed by atoms with Gasteiger partial charge >= 0.3 is 0 Å². The fraction of sp³-hybridized carbons (Fsp3) is 0.143. The number of hydrogen-bond acceptors (Lipinski definition) is 5. The molecule has 0 unspecified atom stereocenters. The van der Waals surface area contributed by atoms with E-state index < -0.39 is 0 Å². The van der Waals surface area contributed by atoms with Gasteiger partial charge in [-0.3, -0.25) is 14.9 Å². The molecule has 0 aliphatic carbocycles. The molecule has 0 spiro atoms. The van der Waals surface area contributed by atoms with Crippen LogP contribution < -0.4 is 10.2 Å². The quantitative estimate of drug-likeness (QED) is 0.730. The first-order chi connectivity index (χ1) is 13.6. The Balaban J connectivity index is 1.49. The highest BCUT2D eigenvalue weighted by atomic mass is 32.1. The fourth-order valence-corrected chi connectivity index (χ4v) is 3.80. The molecule has 0 radical (unpaired) electrons. The summed E-state index contributed by atoms with van der Waals surface area (Å²) in [6.45, 7) is 0.685. The van der Waals surface area contributed by atoms with Crippen LogP contribution in [0.2, 0.25) is 0 Å². The molecule has 2 amide bonds. The highest BCUT2D eigenvalue weighted by Crippen LogP contribution is 2.26. The Morgan fingerprint density at radius 3 is 2.75 bits per heavy atom. The van der Waals surface area contributed by atoms with Crippen molar-refractivity contribution in [2.45, 2.75) is 12.8 Å². The summed E-state index contributed by atoms with van der Waals surface area (Å²) in [6.07, 6.45) is 1.39. The van der Waals surface area contributed by atoms with Crippen LogP contribution in [0.25, 0.3) is 11.3 Å². The van der Waals surface area contributed by atoms with Crippen molar-refractivity contribution in [1.82, 2.24) is 4.98 Å². The van der Waals surface area contributed by atoms with Crippen LogP contribution in [0.4, 0.5) is 10.8 Å². The van der Waals surface area contributed by atoms with Gasteiger partial charge in [0.05, 0.1) is 17.3 Å². The number of aromatic nitrogens is 1. The lowest BCUT2D eigenvalue weighted by Gasteiger charge is -2.16. The van der Waals surface area contributed by atoms with Crippen LogP contribution in [0.15, 0.2) is 53.9 Å². The van der Waals surface area contributed by atoms with Crippen LogP contribution in [0.3, 0.4) is 0 Å². The van der Waals surface area contributed by atoms with Gasteiger partial charge in [0.15, 0.2) is 5.13 Å². The Kier molecular flexibility index (Phi) is 4.87. The first-order valence-corrected chi connectivity index (χ1v) is 9.70. The Morgan fingerprint density at radius 2 is 2.04 bits per heavy atom. The smallest absolute Gasteiger partial charge is 0.257 e. The second-order valence-corrected chi connectivity index (χ2v) is 7.24. The molecule has 2 aromatic carbocycles. The fourth-order valence-electron chi connectivity index (χ4n) is 3.08. The zero-order valence-electron chi connectivity index (χ0n) is 14.9. The number of thiazole rings is 1. The van der Waals surface area contributed by atoms with E-state index in [0.29, 0.717) is 29.2 Å². The molecule has 1 aliphatic rings. The molecule has 1 saturated heterocycles. The van der Waals surface area contributed by atoms with Crippen molar-refractivity contribution in [1.29, 1.82) is 5.26 Å². The van der Waals surface area contributed by atoms with E-state index in [1.165, 1.54) is 11.3 Å². The summed E-state index contributed by atoms with van der Waals surface area (Å²) in [5, 5.41) is 14.0. The first-order valence-electron chi connectivity index (χ1n) is 8.82. The van der Waals surface area contributed by atoms with Gasteiger partial charge in [0.2, 0.25) is 5.91 Å². The Labute approximate surface area is 166 Å². The van der Waals surface area contributed by atoms with Crippen LogP contribution in [-0.2, 0) is 4.79 Å². The highest BCUT2D eigenvalue weighted by Gasteiger charge is 2.22. The number of nitriles is 1.